The fraction of sp³-hybridized carbons (Fsp3) is 0.190. The van der Waals surface area contributed by atoms with Crippen LogP contribution in [0.1, 0.15) is 47.9 Å². The van der Waals surface area contributed by atoms with E-state index in [0.29, 0.717) is 31.1 Å². The van der Waals surface area contributed by atoms with Crippen LogP contribution in [0.3, 0.4) is 0 Å². The Morgan fingerprint density at radius 2 is 0.907 bits per heavy atom. The first-order chi connectivity index (χ1) is 26.1. The molecule has 0 atom stereocenters. The van der Waals surface area contributed by atoms with E-state index in [1.54, 1.807) is 60.9 Å². The third-order valence-corrected chi connectivity index (χ3v) is 8.69. The number of carbonyl (C=O) groups excluding carboxylic acids is 2. The lowest BCUT2D eigenvalue weighted by Crippen LogP contribution is -2.30. The molecule has 0 amide bonds. The fourth-order valence-corrected chi connectivity index (χ4v) is 5.51. The second kappa shape index (κ2) is 22.5. The van der Waals surface area contributed by atoms with Gasteiger partial charge in [-0.1, -0.05) is 76.6 Å². The van der Waals surface area contributed by atoms with Crippen LogP contribution in [0.15, 0.2) is 139 Å². The molecule has 6 rings (SSSR count). The number of aromatic nitrogens is 4. The molecule has 0 unspecified atom stereocenters. The summed E-state index contributed by atoms with van der Waals surface area (Å²) in [6, 6.07) is 30.1. The van der Waals surface area contributed by atoms with Crippen LogP contribution in [0.5, 0.6) is 11.5 Å². The molecule has 6 aromatic rings. The van der Waals surface area contributed by atoms with Gasteiger partial charge in [0, 0.05) is 66.0 Å². The molecule has 276 valence electrons. The number of phenols is 2. The maximum atomic E-state index is 12.1. The predicted molar refractivity (Wildman–Crippen MR) is 213 cm³/mol. The van der Waals surface area contributed by atoms with E-state index in [0.717, 1.165) is 52.4 Å². The van der Waals surface area contributed by atoms with Crippen LogP contribution >= 0.6 is 15.9 Å². The molecule has 2 aromatic heterocycles. The molecule has 0 bridgehead atoms. The van der Waals surface area contributed by atoms with Crippen molar-refractivity contribution in [2.24, 2.45) is 0 Å². The molecular weight excluding hydrogens is 747 g/mol. The maximum absolute atomic E-state index is 12.1. The molecule has 10 nitrogen and oxygen atoms in total. The topological polar surface area (TPSA) is 167 Å². The third-order valence-electron chi connectivity index (χ3n) is 8.16. The second-order valence-electron chi connectivity index (χ2n) is 12.5. The van der Waals surface area contributed by atoms with E-state index in [-0.39, 0.29) is 23.1 Å². The number of hydrogen-bond donors (Lipinski definition) is 4. The number of ketones is 2. The van der Waals surface area contributed by atoms with E-state index in [1.807, 2.05) is 12.1 Å². The summed E-state index contributed by atoms with van der Waals surface area (Å²) in [4.78, 5) is 39.1. The van der Waals surface area contributed by atoms with Gasteiger partial charge in [-0.3, -0.25) is 9.59 Å². The number of Topliss-reactive ketones (excluding diaryl/α,β-unsaturated/α-hetero) is 2. The largest absolute Gasteiger partial charge is 0.508 e. The lowest BCUT2D eigenvalue weighted by molar-refractivity contribution is -0.119. The molecule has 0 radical (unpaired) electrons. The summed E-state index contributed by atoms with van der Waals surface area (Å²) in [6.07, 6.45) is 14.7. The quantitative estimate of drug-likeness (QED) is 0.0904. The van der Waals surface area contributed by atoms with Crippen LogP contribution in [-0.4, -0.2) is 58.9 Å². The van der Waals surface area contributed by atoms with Crippen molar-refractivity contribution in [3.8, 4) is 22.6 Å². The third kappa shape index (κ3) is 15.6. The van der Waals surface area contributed by atoms with Gasteiger partial charge in [-0.2, -0.15) is 0 Å². The van der Waals surface area contributed by atoms with Crippen molar-refractivity contribution in [1.82, 2.24) is 19.9 Å². The summed E-state index contributed by atoms with van der Waals surface area (Å²) in [7, 11) is -1.47. The van der Waals surface area contributed by atoms with E-state index < -0.39 is 7.12 Å². The Morgan fingerprint density at radius 1 is 0.519 bits per heavy atom. The minimum absolute atomic E-state index is 0.224. The Kier molecular flexibility index (Phi) is 17.2. The first-order valence-corrected chi connectivity index (χ1v) is 18.2. The summed E-state index contributed by atoms with van der Waals surface area (Å²) < 4.78 is 1.07. The number of aromatic hydroxyl groups is 2. The lowest BCUT2D eigenvalue weighted by atomic mass is 9.83. The van der Waals surface area contributed by atoms with Gasteiger partial charge in [-0.15, -0.1) is 0 Å². The number of aryl methyl sites for hydroxylation is 2. The minimum atomic E-state index is -1.47. The number of hydrogen-bond acceptors (Lipinski definition) is 10. The molecule has 4 aromatic carbocycles. The van der Waals surface area contributed by atoms with E-state index >= 15 is 0 Å². The zero-order chi connectivity index (χ0) is 38.5. The molecular formula is C42H42BBrN4O6. The van der Waals surface area contributed by atoms with E-state index in [2.05, 4.69) is 72.3 Å². The Bertz CT molecular complexity index is 1990. The van der Waals surface area contributed by atoms with Crippen LogP contribution in [0.4, 0.5) is 0 Å². The van der Waals surface area contributed by atoms with E-state index in [1.165, 1.54) is 36.2 Å². The zero-order valence-corrected chi connectivity index (χ0v) is 31.3. The number of rotatable bonds is 14. The van der Waals surface area contributed by atoms with E-state index in [4.69, 9.17) is 10.0 Å². The van der Waals surface area contributed by atoms with Crippen molar-refractivity contribution in [3.63, 3.8) is 0 Å². The molecule has 0 spiro atoms. The monoisotopic (exact) mass is 788 g/mol. The first kappa shape index (κ1) is 41.2. The average Bonchev–Trinajstić information content (AvgIpc) is 3.19. The van der Waals surface area contributed by atoms with Crippen molar-refractivity contribution in [3.05, 3.63) is 161 Å². The Balaban J connectivity index is 0.000000199. The van der Waals surface area contributed by atoms with Gasteiger partial charge < -0.3 is 20.3 Å². The van der Waals surface area contributed by atoms with Crippen molar-refractivity contribution in [2.45, 2.75) is 51.4 Å². The normalized spacial score (nSPS) is 10.3. The SMILES string of the molecule is O=C(CCCc1ccc(-c2cncnc2)cc1)Cc1ccc(O)cc1.O=C(CCCc1ccc(Br)cc1)Cc1ccc(O)cc1.OB(O)c1cncnc1. The minimum Gasteiger partial charge on any atom is -0.508 e. The Labute approximate surface area is 324 Å². The maximum Gasteiger partial charge on any atom is 0.491 e. The Hall–Kier alpha value is -5.56. The highest BCUT2D eigenvalue weighted by molar-refractivity contribution is 9.10. The highest BCUT2D eigenvalue weighted by Crippen LogP contribution is 2.19. The second-order valence-corrected chi connectivity index (χ2v) is 13.4. The molecule has 0 aliphatic heterocycles. The standard InChI is InChI=1S/C21H20N2O2.C17H17BrO2.C4H5BN2O2/c24-20-10-6-17(7-11-20)12-21(25)3-1-2-16-4-8-18(9-5-16)19-13-22-15-23-14-19;18-15-8-4-13(5-9-15)2-1-3-17(20)12-14-6-10-16(19)11-7-14;8-5(9)4-1-6-3-7-2-4/h4-11,13-15,24H,1-3,12H2;4-11,19H,1-3,12H2;1-3,8-9H. The lowest BCUT2D eigenvalue weighted by Gasteiger charge is -2.05. The van der Waals surface area contributed by atoms with Crippen LogP contribution in [0, 0.1) is 0 Å². The number of halogens is 1. The van der Waals surface area contributed by atoms with Gasteiger partial charge in [0.25, 0.3) is 0 Å². The molecule has 0 fully saturated rings. The van der Waals surface area contributed by atoms with Crippen molar-refractivity contribution >= 4 is 40.1 Å². The van der Waals surface area contributed by atoms with Gasteiger partial charge in [-0.25, -0.2) is 19.9 Å². The van der Waals surface area contributed by atoms with Crippen LogP contribution < -0.4 is 5.46 Å². The summed E-state index contributed by atoms with van der Waals surface area (Å²) in [6.45, 7) is 0. The van der Waals surface area contributed by atoms with Crippen molar-refractivity contribution in [1.29, 1.82) is 0 Å². The molecule has 4 N–H and O–H groups in total. The fourth-order valence-electron chi connectivity index (χ4n) is 5.25. The molecule has 0 aliphatic carbocycles. The molecule has 0 saturated heterocycles. The van der Waals surface area contributed by atoms with Crippen LogP contribution in [0.2, 0.25) is 0 Å². The first-order valence-electron chi connectivity index (χ1n) is 17.4. The number of nitrogens with zero attached hydrogens (tertiary/aromatic N) is 4. The van der Waals surface area contributed by atoms with Crippen molar-refractivity contribution in [2.75, 3.05) is 0 Å². The van der Waals surface area contributed by atoms with Gasteiger partial charge in [0.1, 0.15) is 35.7 Å². The van der Waals surface area contributed by atoms with Gasteiger partial charge >= 0.3 is 7.12 Å². The summed E-state index contributed by atoms with van der Waals surface area (Å²) in [5.41, 5.74) is 6.76. The van der Waals surface area contributed by atoms with Gasteiger partial charge in [0.2, 0.25) is 0 Å². The van der Waals surface area contributed by atoms with Gasteiger partial charge in [0.05, 0.1) is 0 Å². The van der Waals surface area contributed by atoms with Crippen LogP contribution in [-0.2, 0) is 35.3 Å². The summed E-state index contributed by atoms with van der Waals surface area (Å²) in [5.74, 6) is 0.926. The summed E-state index contributed by atoms with van der Waals surface area (Å²) >= 11 is 3.41. The molecule has 2 heterocycles. The molecule has 0 aliphatic rings. The average molecular weight is 790 g/mol. The smallest absolute Gasteiger partial charge is 0.491 e. The van der Waals surface area contributed by atoms with Crippen LogP contribution in [0.25, 0.3) is 11.1 Å². The van der Waals surface area contributed by atoms with Gasteiger partial charge in [0.15, 0.2) is 0 Å². The van der Waals surface area contributed by atoms with Crippen molar-refractivity contribution < 1.29 is 29.9 Å². The number of carbonyl (C=O) groups is 2. The van der Waals surface area contributed by atoms with Gasteiger partial charge in [-0.05, 0) is 89.9 Å². The highest BCUT2D eigenvalue weighted by Gasteiger charge is 2.09. The number of benzene rings is 4. The molecule has 0 saturated carbocycles. The molecule has 54 heavy (non-hydrogen) atoms. The number of phenolic OH excluding ortho intramolecular Hbond substituents is 2. The Morgan fingerprint density at radius 3 is 1.31 bits per heavy atom. The van der Waals surface area contributed by atoms with E-state index in [9.17, 15) is 19.8 Å². The predicted octanol–water partition coefficient (Wildman–Crippen LogP) is 6.43. The molecule has 12 heteroatoms. The zero-order valence-electron chi connectivity index (χ0n) is 29.7. The summed E-state index contributed by atoms with van der Waals surface area (Å²) in [5, 5.41) is 35.4. The highest BCUT2D eigenvalue weighted by atomic mass is 79.9.